The highest BCUT2D eigenvalue weighted by Crippen LogP contribution is 2.42. The Balaban J connectivity index is 1.29. The number of hydrogen-bond donors (Lipinski definition) is 1. The fraction of sp³-hybridized carbons (Fsp3) is 0.828. The second kappa shape index (κ2) is 13.6. The third kappa shape index (κ3) is 8.04. The SMILES string of the molecule is C=C(CO)C(=O)OC1CCC(/C=C/C2CCC(C3CCC(CCCCC)CC3)CC2)CC1. The molecule has 1 N–H and O–H groups in total. The molecule has 3 nitrogen and oxygen atoms in total. The van der Waals surface area contributed by atoms with E-state index >= 15 is 0 Å². The molecule has 0 saturated heterocycles. The van der Waals surface area contributed by atoms with E-state index in [0.717, 1.165) is 49.4 Å². The summed E-state index contributed by atoms with van der Waals surface area (Å²) in [5.41, 5.74) is 0.155. The highest BCUT2D eigenvalue weighted by molar-refractivity contribution is 5.88. The Morgan fingerprint density at radius 2 is 1.38 bits per heavy atom. The molecule has 0 bridgehead atoms. The summed E-state index contributed by atoms with van der Waals surface area (Å²) in [6.07, 6.45) is 26.4. The lowest BCUT2D eigenvalue weighted by Crippen LogP contribution is -2.26. The summed E-state index contributed by atoms with van der Waals surface area (Å²) in [4.78, 5) is 11.8. The van der Waals surface area contributed by atoms with Gasteiger partial charge in [-0.2, -0.15) is 0 Å². The first-order chi connectivity index (χ1) is 15.6. The lowest BCUT2D eigenvalue weighted by molar-refractivity contribution is -0.146. The average molecular weight is 445 g/mol. The molecule has 3 rings (SSSR count). The molecule has 3 fully saturated rings. The Labute approximate surface area is 197 Å². The van der Waals surface area contributed by atoms with Crippen molar-refractivity contribution in [2.45, 2.75) is 116 Å². The zero-order chi connectivity index (χ0) is 22.8. The number of hydrogen-bond acceptors (Lipinski definition) is 3. The van der Waals surface area contributed by atoms with Crippen molar-refractivity contribution < 1.29 is 14.6 Å². The molecule has 0 heterocycles. The van der Waals surface area contributed by atoms with Gasteiger partial charge in [-0.05, 0) is 93.8 Å². The van der Waals surface area contributed by atoms with Gasteiger partial charge in [0, 0.05) is 0 Å². The highest BCUT2D eigenvalue weighted by Gasteiger charge is 2.30. The van der Waals surface area contributed by atoms with Gasteiger partial charge in [-0.1, -0.05) is 64.2 Å². The normalized spacial score (nSPS) is 33.8. The Bertz CT molecular complexity index is 586. The molecule has 0 radical (unpaired) electrons. The Hall–Kier alpha value is -1.09. The molecule has 0 aliphatic heterocycles. The predicted octanol–water partition coefficient (Wildman–Crippen LogP) is 7.39. The number of esters is 1. The molecular formula is C29H48O3. The maximum atomic E-state index is 11.8. The van der Waals surface area contributed by atoms with Gasteiger partial charge in [0.2, 0.25) is 0 Å². The highest BCUT2D eigenvalue weighted by atomic mass is 16.5. The van der Waals surface area contributed by atoms with E-state index in [1.54, 1.807) is 0 Å². The Morgan fingerprint density at radius 1 is 0.844 bits per heavy atom. The van der Waals surface area contributed by atoms with E-state index in [4.69, 9.17) is 9.84 Å². The minimum absolute atomic E-state index is 0.00683. The first-order valence-corrected chi connectivity index (χ1v) is 13.8. The summed E-state index contributed by atoms with van der Waals surface area (Å²) < 4.78 is 5.46. The molecule has 0 aromatic carbocycles. The van der Waals surface area contributed by atoms with Crippen LogP contribution in [0.5, 0.6) is 0 Å². The topological polar surface area (TPSA) is 46.5 Å². The summed E-state index contributed by atoms with van der Waals surface area (Å²) in [5, 5.41) is 9.00. The van der Waals surface area contributed by atoms with Crippen LogP contribution in [0.2, 0.25) is 0 Å². The molecule has 3 heteroatoms. The molecule has 0 amide bonds. The summed E-state index contributed by atoms with van der Waals surface area (Å²) >= 11 is 0. The minimum atomic E-state index is -0.437. The maximum Gasteiger partial charge on any atom is 0.336 e. The Kier molecular flexibility index (Phi) is 10.8. The molecule has 3 aliphatic carbocycles. The summed E-state index contributed by atoms with van der Waals surface area (Å²) in [5.74, 6) is 4.02. The lowest BCUT2D eigenvalue weighted by Gasteiger charge is -2.37. The van der Waals surface area contributed by atoms with Crippen LogP contribution in [-0.2, 0) is 9.53 Å². The smallest absolute Gasteiger partial charge is 0.336 e. The van der Waals surface area contributed by atoms with E-state index in [0.29, 0.717) is 5.92 Å². The van der Waals surface area contributed by atoms with Crippen molar-refractivity contribution >= 4 is 5.97 Å². The molecule has 0 aromatic rings. The zero-order valence-corrected chi connectivity index (χ0v) is 20.6. The van der Waals surface area contributed by atoms with Crippen LogP contribution < -0.4 is 0 Å². The van der Waals surface area contributed by atoms with Crippen molar-refractivity contribution in [2.75, 3.05) is 6.61 Å². The van der Waals surface area contributed by atoms with Crippen LogP contribution in [0.3, 0.4) is 0 Å². The predicted molar refractivity (Wildman–Crippen MR) is 132 cm³/mol. The molecule has 3 aliphatic rings. The van der Waals surface area contributed by atoms with Gasteiger partial charge in [-0.3, -0.25) is 0 Å². The van der Waals surface area contributed by atoms with Crippen LogP contribution >= 0.6 is 0 Å². The van der Waals surface area contributed by atoms with E-state index in [1.807, 2.05) is 0 Å². The van der Waals surface area contributed by atoms with Gasteiger partial charge >= 0.3 is 5.97 Å². The minimum Gasteiger partial charge on any atom is -0.459 e. The number of aliphatic hydroxyl groups is 1. The van der Waals surface area contributed by atoms with Crippen LogP contribution in [0, 0.1) is 29.6 Å². The van der Waals surface area contributed by atoms with E-state index in [9.17, 15) is 4.79 Å². The van der Waals surface area contributed by atoms with Crippen molar-refractivity contribution in [3.63, 3.8) is 0 Å². The van der Waals surface area contributed by atoms with Crippen LogP contribution in [0.1, 0.15) is 110 Å². The van der Waals surface area contributed by atoms with E-state index < -0.39 is 5.97 Å². The third-order valence-corrected chi connectivity index (χ3v) is 8.72. The zero-order valence-electron chi connectivity index (χ0n) is 20.6. The molecule has 0 aromatic heterocycles. The van der Waals surface area contributed by atoms with Crippen LogP contribution in [0.4, 0.5) is 0 Å². The Morgan fingerprint density at radius 3 is 1.91 bits per heavy atom. The molecule has 0 atom stereocenters. The largest absolute Gasteiger partial charge is 0.459 e. The molecule has 0 spiro atoms. The van der Waals surface area contributed by atoms with E-state index in [-0.39, 0.29) is 18.3 Å². The first-order valence-electron chi connectivity index (χ1n) is 13.8. The standard InChI is InChI=1S/C29H48O3/c1-3-4-5-6-23-9-15-26(16-10-23)27-17-11-24(12-18-27)7-8-25-13-19-28(20-14-25)32-29(31)22(2)21-30/h7-8,23-28,30H,2-6,9-21H2,1H3/b8-7+. The van der Waals surface area contributed by atoms with Crippen LogP contribution in [0.15, 0.2) is 24.3 Å². The fourth-order valence-corrected chi connectivity index (χ4v) is 6.45. The monoisotopic (exact) mass is 444 g/mol. The number of ether oxygens (including phenoxy) is 1. The van der Waals surface area contributed by atoms with Crippen LogP contribution in [-0.4, -0.2) is 23.8 Å². The van der Waals surface area contributed by atoms with Crippen molar-refractivity contribution in [2.24, 2.45) is 29.6 Å². The van der Waals surface area contributed by atoms with Crippen molar-refractivity contribution in [1.29, 1.82) is 0 Å². The van der Waals surface area contributed by atoms with Crippen molar-refractivity contribution in [3.05, 3.63) is 24.3 Å². The van der Waals surface area contributed by atoms with Crippen molar-refractivity contribution in [1.82, 2.24) is 0 Å². The second-order valence-electron chi connectivity index (χ2n) is 11.0. The molecule has 182 valence electrons. The van der Waals surface area contributed by atoms with Gasteiger partial charge in [0.15, 0.2) is 0 Å². The quantitative estimate of drug-likeness (QED) is 0.165. The number of rotatable bonds is 10. The van der Waals surface area contributed by atoms with Gasteiger partial charge in [-0.25, -0.2) is 4.79 Å². The van der Waals surface area contributed by atoms with Gasteiger partial charge in [0.1, 0.15) is 6.10 Å². The van der Waals surface area contributed by atoms with E-state index in [1.165, 1.54) is 77.0 Å². The summed E-state index contributed by atoms with van der Waals surface area (Å²) in [6.45, 7) is 5.54. The van der Waals surface area contributed by atoms with Gasteiger partial charge in [-0.15, -0.1) is 0 Å². The summed E-state index contributed by atoms with van der Waals surface area (Å²) in [6, 6.07) is 0. The maximum absolute atomic E-state index is 11.8. The van der Waals surface area contributed by atoms with Gasteiger partial charge < -0.3 is 9.84 Å². The first kappa shape index (κ1) is 25.5. The lowest BCUT2D eigenvalue weighted by atomic mass is 9.68. The second-order valence-corrected chi connectivity index (χ2v) is 11.0. The van der Waals surface area contributed by atoms with Gasteiger partial charge in [0.05, 0.1) is 12.2 Å². The number of allylic oxidation sites excluding steroid dienone is 2. The third-order valence-electron chi connectivity index (χ3n) is 8.72. The summed E-state index contributed by atoms with van der Waals surface area (Å²) in [7, 11) is 0. The molecule has 3 saturated carbocycles. The fourth-order valence-electron chi connectivity index (χ4n) is 6.45. The average Bonchev–Trinajstić information content (AvgIpc) is 2.84. The number of carbonyl (C=O) groups excluding carboxylic acids is 1. The molecular weight excluding hydrogens is 396 g/mol. The van der Waals surface area contributed by atoms with Crippen molar-refractivity contribution in [3.8, 4) is 0 Å². The van der Waals surface area contributed by atoms with E-state index in [2.05, 4.69) is 25.7 Å². The van der Waals surface area contributed by atoms with Gasteiger partial charge in [0.25, 0.3) is 0 Å². The molecule has 32 heavy (non-hydrogen) atoms. The number of aliphatic hydroxyl groups excluding tert-OH is 1. The number of unbranched alkanes of at least 4 members (excludes halogenated alkanes) is 2. The molecule has 0 unspecified atom stereocenters. The number of carbonyl (C=O) groups is 1. The van der Waals surface area contributed by atoms with Crippen LogP contribution in [0.25, 0.3) is 0 Å².